The van der Waals surface area contributed by atoms with Gasteiger partial charge in [0, 0.05) is 36.3 Å². The first-order chi connectivity index (χ1) is 17.4. The SMILES string of the molecule is [B-][P+]([C]N(C(C)C)C(C)C)(N(C1CCCCC1)C1CCCCC1)N(C1CCCCC1)C1CCCCC1. The van der Waals surface area contributed by atoms with Crippen molar-refractivity contribution >= 4 is 15.0 Å². The molecule has 0 amide bonds. The van der Waals surface area contributed by atoms with Gasteiger partial charge in [-0.05, 0) is 79.1 Å². The van der Waals surface area contributed by atoms with Crippen LogP contribution in [0.25, 0.3) is 0 Å². The summed E-state index contributed by atoms with van der Waals surface area (Å²) in [6.07, 6.45) is 31.9. The summed E-state index contributed by atoms with van der Waals surface area (Å²) in [6, 6.07) is 3.50. The van der Waals surface area contributed by atoms with Gasteiger partial charge in [0.1, 0.15) is 0 Å². The van der Waals surface area contributed by atoms with E-state index >= 15 is 0 Å². The van der Waals surface area contributed by atoms with Crippen LogP contribution in [0.1, 0.15) is 156 Å². The highest BCUT2D eigenvalue weighted by molar-refractivity contribution is 7.95. The first-order valence-electron chi connectivity index (χ1n) is 16.2. The number of nitrogens with zero attached hydrogens (tertiary/aromatic N) is 3. The van der Waals surface area contributed by atoms with Crippen molar-refractivity contribution in [3.8, 4) is 0 Å². The molecule has 5 heteroatoms. The molecule has 4 aliphatic carbocycles. The van der Waals surface area contributed by atoms with Crippen molar-refractivity contribution < 1.29 is 0 Å². The largest absolute Gasteiger partial charge is 0.253 e. The van der Waals surface area contributed by atoms with Gasteiger partial charge >= 0.3 is 0 Å². The molecular formula is C31H58BN3P. The van der Waals surface area contributed by atoms with Gasteiger partial charge < -0.3 is 0 Å². The van der Waals surface area contributed by atoms with Gasteiger partial charge in [-0.2, -0.15) is 0 Å². The fraction of sp³-hybridized carbons (Fsp3) is 0.968. The molecule has 0 spiro atoms. The Morgan fingerprint density at radius 3 is 0.972 bits per heavy atom. The van der Waals surface area contributed by atoms with E-state index in [1.165, 1.54) is 128 Å². The number of hydrogen-bond acceptors (Lipinski definition) is 3. The molecule has 0 aliphatic heterocycles. The molecule has 0 N–H and O–H groups in total. The zero-order chi connectivity index (χ0) is 25.5. The Balaban J connectivity index is 1.80. The Morgan fingerprint density at radius 1 is 0.500 bits per heavy atom. The summed E-state index contributed by atoms with van der Waals surface area (Å²) in [5, 5.41) is 0. The second-order valence-electron chi connectivity index (χ2n) is 13.3. The van der Waals surface area contributed by atoms with E-state index < -0.39 is 7.44 Å². The Hall–Kier alpha value is 0.375. The highest BCUT2D eigenvalue weighted by Gasteiger charge is 2.50. The van der Waals surface area contributed by atoms with Crippen molar-refractivity contribution in [3.05, 3.63) is 6.29 Å². The molecule has 0 atom stereocenters. The summed E-state index contributed by atoms with van der Waals surface area (Å²) < 4.78 is 6.07. The maximum Gasteiger partial charge on any atom is 0.229 e. The maximum absolute atomic E-state index is 8.20. The van der Waals surface area contributed by atoms with Crippen molar-refractivity contribution in [2.75, 3.05) is 0 Å². The van der Waals surface area contributed by atoms with Crippen molar-refractivity contribution in [2.24, 2.45) is 0 Å². The molecule has 36 heavy (non-hydrogen) atoms. The van der Waals surface area contributed by atoms with Crippen molar-refractivity contribution in [1.29, 1.82) is 0 Å². The number of rotatable bonds is 10. The van der Waals surface area contributed by atoms with E-state index in [2.05, 4.69) is 48.2 Å². The van der Waals surface area contributed by atoms with Gasteiger partial charge in [0.15, 0.2) is 0 Å². The molecule has 5 radical (unpaired) electrons. The van der Waals surface area contributed by atoms with Crippen LogP contribution in [0, 0.1) is 6.29 Å². The second-order valence-corrected chi connectivity index (χ2v) is 15.7. The van der Waals surface area contributed by atoms with Crippen molar-refractivity contribution in [3.63, 3.8) is 0 Å². The van der Waals surface area contributed by atoms with Crippen molar-refractivity contribution in [1.82, 2.24) is 14.2 Å². The average molecular weight is 515 g/mol. The summed E-state index contributed by atoms with van der Waals surface area (Å²) in [4.78, 5) is 2.55. The van der Waals surface area contributed by atoms with Gasteiger partial charge in [-0.25, -0.2) is 9.34 Å². The molecule has 4 saturated carbocycles. The van der Waals surface area contributed by atoms with E-state index in [9.17, 15) is 0 Å². The van der Waals surface area contributed by atoms with Crippen LogP contribution >= 0.6 is 7.44 Å². The normalized spacial score (nSPS) is 25.2. The molecule has 4 fully saturated rings. The molecule has 0 heterocycles. The lowest BCUT2D eigenvalue weighted by Crippen LogP contribution is -2.56. The monoisotopic (exact) mass is 514 g/mol. The highest BCUT2D eigenvalue weighted by atomic mass is 31.2. The van der Waals surface area contributed by atoms with Crippen LogP contribution < -0.4 is 0 Å². The van der Waals surface area contributed by atoms with Gasteiger partial charge in [-0.15, -0.1) is 0 Å². The predicted octanol–water partition coefficient (Wildman–Crippen LogP) is 8.97. The Bertz CT molecular complexity index is 535. The summed E-state index contributed by atoms with van der Waals surface area (Å²) >= 11 is 0. The van der Waals surface area contributed by atoms with Gasteiger partial charge in [-0.3, -0.25) is 12.5 Å². The van der Waals surface area contributed by atoms with E-state index in [4.69, 9.17) is 7.57 Å². The van der Waals surface area contributed by atoms with Gasteiger partial charge in [-0.1, -0.05) is 84.5 Å². The summed E-state index contributed by atoms with van der Waals surface area (Å²) in [5.74, 6) is 0. The lowest BCUT2D eigenvalue weighted by Gasteiger charge is -2.62. The van der Waals surface area contributed by atoms with E-state index in [1.54, 1.807) is 0 Å². The molecule has 0 aromatic rings. The Kier molecular flexibility index (Phi) is 11.5. The summed E-state index contributed by atoms with van der Waals surface area (Å²) in [7, 11) is 5.91. The molecular weight excluding hydrogens is 456 g/mol. The number of hydrogen-bond donors (Lipinski definition) is 0. The Morgan fingerprint density at radius 2 is 0.750 bits per heavy atom. The average Bonchev–Trinajstić information content (AvgIpc) is 2.90. The molecule has 0 unspecified atom stereocenters. The first-order valence-corrected chi connectivity index (χ1v) is 18.0. The predicted molar refractivity (Wildman–Crippen MR) is 159 cm³/mol. The van der Waals surface area contributed by atoms with Crippen LogP contribution in [-0.4, -0.2) is 58.1 Å². The van der Waals surface area contributed by atoms with Gasteiger partial charge in [0.2, 0.25) is 6.29 Å². The van der Waals surface area contributed by atoms with Gasteiger partial charge in [0.05, 0.1) is 0 Å². The van der Waals surface area contributed by atoms with Crippen LogP contribution in [-0.2, 0) is 0 Å². The molecule has 4 aliphatic rings. The molecule has 0 aromatic carbocycles. The smallest absolute Gasteiger partial charge is 0.229 e. The minimum Gasteiger partial charge on any atom is -0.253 e. The molecule has 0 aromatic heterocycles. The molecule has 0 bridgehead atoms. The lowest BCUT2D eigenvalue weighted by molar-refractivity contribution is 0.125. The van der Waals surface area contributed by atoms with Crippen LogP contribution in [0.3, 0.4) is 0 Å². The third-order valence-corrected chi connectivity index (χ3v) is 13.1. The van der Waals surface area contributed by atoms with E-state index in [0.29, 0.717) is 36.3 Å². The summed E-state index contributed by atoms with van der Waals surface area (Å²) in [6.45, 7) is 9.42. The quantitative estimate of drug-likeness (QED) is 0.164. The van der Waals surface area contributed by atoms with E-state index in [1.807, 2.05) is 0 Å². The molecule has 4 rings (SSSR count). The van der Waals surface area contributed by atoms with Crippen LogP contribution in [0.4, 0.5) is 0 Å². The topological polar surface area (TPSA) is 9.72 Å². The van der Waals surface area contributed by atoms with Crippen LogP contribution in [0.15, 0.2) is 0 Å². The first kappa shape index (κ1) is 29.4. The Labute approximate surface area is 227 Å². The van der Waals surface area contributed by atoms with E-state index in [-0.39, 0.29) is 0 Å². The van der Waals surface area contributed by atoms with Crippen LogP contribution in [0.2, 0.25) is 0 Å². The highest BCUT2D eigenvalue weighted by Crippen LogP contribution is 2.70. The fourth-order valence-electron chi connectivity index (χ4n) is 8.19. The molecule has 0 saturated heterocycles. The summed E-state index contributed by atoms with van der Waals surface area (Å²) in [5.41, 5.74) is 0. The molecule has 205 valence electrons. The van der Waals surface area contributed by atoms with Crippen LogP contribution in [0.5, 0.6) is 0 Å². The van der Waals surface area contributed by atoms with Gasteiger partial charge in [0.25, 0.3) is 0 Å². The third-order valence-electron chi connectivity index (χ3n) is 9.87. The zero-order valence-electron chi connectivity index (χ0n) is 24.5. The third kappa shape index (κ3) is 7.11. The minimum absolute atomic E-state index is 0.437. The standard InChI is InChI=1S/C31H58BN3P/c1-26(2)33(27(3)4)25-36(32,34(28-17-9-5-10-18-28)29-19-11-6-12-20-29)35(30-21-13-7-14-22-30)31-23-15-8-16-24-31/h26-31H,5-24H2,1-4H3. The zero-order valence-corrected chi connectivity index (χ0v) is 25.4. The fourth-order valence-corrected chi connectivity index (χ4v) is 12.4. The minimum atomic E-state index is -2.28. The molecule has 3 nitrogen and oxygen atoms in total. The second kappa shape index (κ2) is 14.1. The maximum atomic E-state index is 8.20. The lowest BCUT2D eigenvalue weighted by atomic mass is 9.90. The van der Waals surface area contributed by atoms with Crippen molar-refractivity contribution in [2.45, 2.75) is 192 Å². The van der Waals surface area contributed by atoms with E-state index in [0.717, 1.165) is 0 Å².